The third-order valence-electron chi connectivity index (χ3n) is 2.30. The van der Waals surface area contributed by atoms with E-state index in [1.54, 1.807) is 0 Å². The van der Waals surface area contributed by atoms with Gasteiger partial charge in [-0.15, -0.1) is 0 Å². The summed E-state index contributed by atoms with van der Waals surface area (Å²) >= 11 is 0. The summed E-state index contributed by atoms with van der Waals surface area (Å²) in [4.78, 5) is 0. The van der Waals surface area contributed by atoms with Crippen molar-refractivity contribution in [1.29, 1.82) is 5.41 Å². The Morgan fingerprint density at radius 1 is 1.25 bits per heavy atom. The van der Waals surface area contributed by atoms with E-state index in [0.29, 0.717) is 0 Å². The Hall–Kier alpha value is -0.330. The molecule has 0 heterocycles. The van der Waals surface area contributed by atoms with Crippen LogP contribution in [0.3, 0.4) is 0 Å². The molecule has 0 spiro atoms. The topological polar surface area (TPSA) is 23.9 Å². The van der Waals surface area contributed by atoms with E-state index in [1.165, 1.54) is 32.1 Å². The van der Waals surface area contributed by atoms with E-state index in [9.17, 15) is 0 Å². The number of unbranched alkanes of at least 4 members (excludes halogenated alkanes) is 1. The summed E-state index contributed by atoms with van der Waals surface area (Å²) in [7, 11) is 0. The zero-order chi connectivity index (χ0) is 9.40. The third-order valence-corrected chi connectivity index (χ3v) is 2.30. The minimum Gasteiger partial charge on any atom is -0.310 e. The quantitative estimate of drug-likeness (QED) is 0.556. The van der Waals surface area contributed by atoms with Crippen molar-refractivity contribution in [2.75, 3.05) is 0 Å². The molecule has 0 fully saturated rings. The fourth-order valence-electron chi connectivity index (χ4n) is 1.41. The van der Waals surface area contributed by atoms with Gasteiger partial charge in [0.1, 0.15) is 0 Å². The molecule has 0 radical (unpaired) electrons. The van der Waals surface area contributed by atoms with Crippen molar-refractivity contribution < 1.29 is 0 Å². The first kappa shape index (κ1) is 11.7. The van der Waals surface area contributed by atoms with E-state index in [1.807, 2.05) is 6.92 Å². The second-order valence-electron chi connectivity index (χ2n) is 3.92. The summed E-state index contributed by atoms with van der Waals surface area (Å²) < 4.78 is 0. The second-order valence-corrected chi connectivity index (χ2v) is 3.92. The standard InChI is InChI=1S/C11H23N/c1-4-5-7-10(2)8-6-9-11(3)12/h10,12H,4-9H2,1-3H3. The van der Waals surface area contributed by atoms with Crippen LogP contribution in [0, 0.1) is 11.3 Å². The molecular weight excluding hydrogens is 146 g/mol. The Morgan fingerprint density at radius 2 is 1.83 bits per heavy atom. The van der Waals surface area contributed by atoms with Crippen LogP contribution in [0.1, 0.15) is 59.3 Å². The van der Waals surface area contributed by atoms with E-state index >= 15 is 0 Å². The minimum absolute atomic E-state index is 0.831. The Kier molecular flexibility index (Phi) is 7.12. The van der Waals surface area contributed by atoms with Crippen molar-refractivity contribution in [3.63, 3.8) is 0 Å². The van der Waals surface area contributed by atoms with Crippen LogP contribution in [-0.4, -0.2) is 5.71 Å². The molecule has 72 valence electrons. The molecule has 0 saturated carbocycles. The van der Waals surface area contributed by atoms with Gasteiger partial charge >= 0.3 is 0 Å². The Labute approximate surface area is 77.1 Å². The van der Waals surface area contributed by atoms with Crippen molar-refractivity contribution in [2.45, 2.75) is 59.3 Å². The maximum Gasteiger partial charge on any atom is 0.00582 e. The summed E-state index contributed by atoms with van der Waals surface area (Å²) in [5.41, 5.74) is 0.831. The molecule has 0 aromatic carbocycles. The number of hydrogen-bond donors (Lipinski definition) is 1. The smallest absolute Gasteiger partial charge is 0.00582 e. The number of nitrogens with one attached hydrogen (secondary N) is 1. The second kappa shape index (κ2) is 7.33. The molecule has 0 saturated heterocycles. The predicted octanol–water partition coefficient (Wildman–Crippen LogP) is 4.02. The molecule has 1 N–H and O–H groups in total. The van der Waals surface area contributed by atoms with E-state index < -0.39 is 0 Å². The van der Waals surface area contributed by atoms with Gasteiger partial charge in [-0.2, -0.15) is 0 Å². The highest BCUT2D eigenvalue weighted by molar-refractivity contribution is 5.78. The Balaban J connectivity index is 3.19. The van der Waals surface area contributed by atoms with Gasteiger partial charge in [0.15, 0.2) is 0 Å². The summed E-state index contributed by atoms with van der Waals surface area (Å²) in [6.07, 6.45) is 7.55. The highest BCUT2D eigenvalue weighted by atomic mass is 14.4. The van der Waals surface area contributed by atoms with E-state index in [0.717, 1.165) is 18.1 Å². The van der Waals surface area contributed by atoms with Gasteiger partial charge < -0.3 is 5.41 Å². The molecule has 0 bridgehead atoms. The molecule has 0 amide bonds. The van der Waals surface area contributed by atoms with Crippen molar-refractivity contribution in [3.8, 4) is 0 Å². The van der Waals surface area contributed by atoms with Gasteiger partial charge in [-0.3, -0.25) is 0 Å². The Bertz CT molecular complexity index is 118. The molecule has 0 aliphatic rings. The first-order valence-electron chi connectivity index (χ1n) is 5.20. The molecule has 1 nitrogen and oxygen atoms in total. The average molecular weight is 169 g/mol. The fraction of sp³-hybridized carbons (Fsp3) is 0.909. The maximum atomic E-state index is 7.28. The van der Waals surface area contributed by atoms with Gasteiger partial charge in [0.2, 0.25) is 0 Å². The molecule has 1 atom stereocenters. The van der Waals surface area contributed by atoms with Crippen LogP contribution in [0.15, 0.2) is 0 Å². The van der Waals surface area contributed by atoms with Gasteiger partial charge in [0.05, 0.1) is 0 Å². The zero-order valence-corrected chi connectivity index (χ0v) is 8.82. The first-order valence-corrected chi connectivity index (χ1v) is 5.20. The summed E-state index contributed by atoms with van der Waals surface area (Å²) in [6, 6.07) is 0. The van der Waals surface area contributed by atoms with Gasteiger partial charge in [0.25, 0.3) is 0 Å². The fourth-order valence-corrected chi connectivity index (χ4v) is 1.41. The number of rotatable bonds is 7. The lowest BCUT2D eigenvalue weighted by Gasteiger charge is -2.09. The molecular formula is C11H23N. The Morgan fingerprint density at radius 3 is 2.33 bits per heavy atom. The van der Waals surface area contributed by atoms with Gasteiger partial charge in [-0.1, -0.05) is 39.5 Å². The van der Waals surface area contributed by atoms with Crippen LogP contribution < -0.4 is 0 Å². The highest BCUT2D eigenvalue weighted by Crippen LogP contribution is 2.14. The van der Waals surface area contributed by atoms with E-state index in [-0.39, 0.29) is 0 Å². The maximum absolute atomic E-state index is 7.28. The zero-order valence-electron chi connectivity index (χ0n) is 8.82. The van der Waals surface area contributed by atoms with Crippen LogP contribution in [0.25, 0.3) is 0 Å². The van der Waals surface area contributed by atoms with Gasteiger partial charge in [-0.25, -0.2) is 0 Å². The lowest BCUT2D eigenvalue weighted by molar-refractivity contribution is 0.461. The average Bonchev–Trinajstić information content (AvgIpc) is 2.00. The first-order chi connectivity index (χ1) is 5.66. The van der Waals surface area contributed by atoms with Crippen LogP contribution >= 0.6 is 0 Å². The molecule has 0 aliphatic carbocycles. The van der Waals surface area contributed by atoms with Gasteiger partial charge in [0, 0.05) is 5.71 Å². The van der Waals surface area contributed by atoms with Crippen LogP contribution in [0.2, 0.25) is 0 Å². The lowest BCUT2D eigenvalue weighted by atomic mass is 9.97. The summed E-state index contributed by atoms with van der Waals surface area (Å²) in [6.45, 7) is 6.47. The minimum atomic E-state index is 0.831. The molecule has 12 heavy (non-hydrogen) atoms. The largest absolute Gasteiger partial charge is 0.310 e. The van der Waals surface area contributed by atoms with Crippen LogP contribution in [0.4, 0.5) is 0 Å². The summed E-state index contributed by atoms with van der Waals surface area (Å²) in [5, 5.41) is 7.28. The van der Waals surface area contributed by atoms with Crippen LogP contribution in [0.5, 0.6) is 0 Å². The monoisotopic (exact) mass is 169 g/mol. The van der Waals surface area contributed by atoms with Crippen molar-refractivity contribution >= 4 is 5.71 Å². The molecule has 1 heteroatoms. The van der Waals surface area contributed by atoms with Crippen molar-refractivity contribution in [3.05, 3.63) is 0 Å². The predicted molar refractivity (Wildman–Crippen MR) is 55.9 cm³/mol. The normalized spacial score (nSPS) is 12.9. The third kappa shape index (κ3) is 7.77. The molecule has 0 aromatic heterocycles. The molecule has 1 unspecified atom stereocenters. The highest BCUT2D eigenvalue weighted by Gasteiger charge is 2.00. The van der Waals surface area contributed by atoms with Crippen molar-refractivity contribution in [1.82, 2.24) is 0 Å². The molecule has 0 aliphatic heterocycles. The summed E-state index contributed by atoms with van der Waals surface area (Å²) in [5.74, 6) is 0.865. The van der Waals surface area contributed by atoms with Crippen LogP contribution in [-0.2, 0) is 0 Å². The van der Waals surface area contributed by atoms with Gasteiger partial charge in [-0.05, 0) is 25.7 Å². The van der Waals surface area contributed by atoms with E-state index in [2.05, 4.69) is 13.8 Å². The SMILES string of the molecule is CCCCC(C)CCCC(C)=N. The lowest BCUT2D eigenvalue weighted by Crippen LogP contribution is -1.96. The molecule has 0 aromatic rings. The van der Waals surface area contributed by atoms with E-state index in [4.69, 9.17) is 5.41 Å². The number of hydrogen-bond acceptors (Lipinski definition) is 1. The molecule has 0 rings (SSSR count). The van der Waals surface area contributed by atoms with Crippen molar-refractivity contribution in [2.24, 2.45) is 5.92 Å².